The molecule has 1 atom stereocenters. The van der Waals surface area contributed by atoms with E-state index in [1.165, 1.54) is 38.1 Å². The van der Waals surface area contributed by atoms with E-state index in [1.807, 2.05) is 13.8 Å². The van der Waals surface area contributed by atoms with Crippen molar-refractivity contribution in [2.75, 3.05) is 0 Å². The molecule has 0 saturated heterocycles. The van der Waals surface area contributed by atoms with Crippen LogP contribution >= 0.6 is 0 Å². The van der Waals surface area contributed by atoms with E-state index in [9.17, 15) is 14.0 Å². The van der Waals surface area contributed by atoms with Crippen LogP contribution < -0.4 is 10.1 Å². The van der Waals surface area contributed by atoms with E-state index in [2.05, 4.69) is 5.32 Å². The first-order chi connectivity index (χ1) is 10.1. The number of hydrogen-bond donors (Lipinski definition) is 2. The highest BCUT2D eigenvalue weighted by molar-refractivity contribution is 5.89. The van der Waals surface area contributed by atoms with Crippen molar-refractivity contribution in [3.05, 3.63) is 30.1 Å². The minimum absolute atomic E-state index is 0.127. The summed E-state index contributed by atoms with van der Waals surface area (Å²) in [6.45, 7) is 6.81. The van der Waals surface area contributed by atoms with Crippen LogP contribution in [0.25, 0.3) is 0 Å². The highest BCUT2D eigenvalue weighted by atomic mass is 19.1. The van der Waals surface area contributed by atoms with Gasteiger partial charge in [0.25, 0.3) is 5.91 Å². The number of carbonyl (C=O) groups is 2. The van der Waals surface area contributed by atoms with Gasteiger partial charge in [-0.05, 0) is 50.5 Å². The Hall–Kier alpha value is -2.11. The molecule has 1 aromatic carbocycles. The fourth-order valence-corrected chi connectivity index (χ4v) is 1.87. The van der Waals surface area contributed by atoms with Gasteiger partial charge in [0.15, 0.2) is 5.60 Å². The molecule has 0 heterocycles. The van der Waals surface area contributed by atoms with Gasteiger partial charge < -0.3 is 15.2 Å². The summed E-state index contributed by atoms with van der Waals surface area (Å²) in [5, 5.41) is 11.6. The Morgan fingerprint density at radius 1 is 1.27 bits per heavy atom. The first-order valence-corrected chi connectivity index (χ1v) is 7.10. The van der Waals surface area contributed by atoms with E-state index in [0.29, 0.717) is 12.2 Å². The molecule has 122 valence electrons. The van der Waals surface area contributed by atoms with Crippen molar-refractivity contribution in [2.24, 2.45) is 5.92 Å². The van der Waals surface area contributed by atoms with E-state index in [-0.39, 0.29) is 5.92 Å². The van der Waals surface area contributed by atoms with Crippen LogP contribution in [0.4, 0.5) is 4.39 Å². The van der Waals surface area contributed by atoms with Gasteiger partial charge in [0.05, 0.1) is 0 Å². The van der Waals surface area contributed by atoms with Gasteiger partial charge in [-0.1, -0.05) is 13.8 Å². The van der Waals surface area contributed by atoms with Gasteiger partial charge in [-0.15, -0.1) is 0 Å². The molecule has 6 heteroatoms. The highest BCUT2D eigenvalue weighted by Gasteiger charge is 2.33. The molecule has 22 heavy (non-hydrogen) atoms. The van der Waals surface area contributed by atoms with Crippen LogP contribution in [-0.4, -0.2) is 28.6 Å². The number of rotatable bonds is 7. The summed E-state index contributed by atoms with van der Waals surface area (Å²) < 4.78 is 18.4. The van der Waals surface area contributed by atoms with Crippen LogP contribution in [0, 0.1) is 11.7 Å². The van der Waals surface area contributed by atoms with Gasteiger partial charge >= 0.3 is 5.97 Å². The van der Waals surface area contributed by atoms with Crippen molar-refractivity contribution in [3.8, 4) is 5.75 Å². The Bertz CT molecular complexity index is 525. The maximum atomic E-state index is 12.9. The SMILES string of the molecule is CC(C)C[C@@H](NC(=O)C(C)(C)Oc1ccc(F)cc1)C(=O)O. The number of carbonyl (C=O) groups excluding carboxylic acids is 1. The van der Waals surface area contributed by atoms with Crippen LogP contribution in [0.1, 0.15) is 34.1 Å². The Balaban J connectivity index is 2.76. The van der Waals surface area contributed by atoms with Crippen LogP contribution in [0.3, 0.4) is 0 Å². The third-order valence-electron chi connectivity index (χ3n) is 3.04. The molecular weight excluding hydrogens is 289 g/mol. The molecule has 0 unspecified atom stereocenters. The molecule has 0 saturated carbocycles. The van der Waals surface area contributed by atoms with Crippen molar-refractivity contribution < 1.29 is 23.8 Å². The quantitative estimate of drug-likeness (QED) is 0.811. The molecule has 0 aromatic heterocycles. The van der Waals surface area contributed by atoms with Crippen molar-refractivity contribution in [1.29, 1.82) is 0 Å². The molecule has 0 radical (unpaired) electrons. The standard InChI is InChI=1S/C16H22FNO4/c1-10(2)9-13(14(19)20)18-15(21)16(3,4)22-12-7-5-11(17)6-8-12/h5-8,10,13H,9H2,1-4H3,(H,18,21)(H,19,20)/t13-/m1/s1. The Morgan fingerprint density at radius 2 is 1.82 bits per heavy atom. The molecular formula is C16H22FNO4. The summed E-state index contributed by atoms with van der Waals surface area (Å²) in [5.41, 5.74) is -1.28. The summed E-state index contributed by atoms with van der Waals surface area (Å²) in [7, 11) is 0. The maximum absolute atomic E-state index is 12.9. The van der Waals surface area contributed by atoms with Gasteiger partial charge in [0.1, 0.15) is 17.6 Å². The molecule has 0 spiro atoms. The summed E-state index contributed by atoms with van der Waals surface area (Å²) in [6, 6.07) is 4.30. The van der Waals surface area contributed by atoms with Gasteiger partial charge in [0.2, 0.25) is 0 Å². The minimum atomic E-state index is -1.28. The van der Waals surface area contributed by atoms with Crippen LogP contribution in [0.5, 0.6) is 5.75 Å². The average molecular weight is 311 g/mol. The van der Waals surface area contributed by atoms with E-state index in [0.717, 1.165) is 0 Å². The summed E-state index contributed by atoms with van der Waals surface area (Å²) in [5.74, 6) is -1.57. The number of carboxylic acid groups (broad SMARTS) is 1. The number of benzene rings is 1. The molecule has 0 bridgehead atoms. The molecule has 0 fully saturated rings. The monoisotopic (exact) mass is 311 g/mol. The molecule has 2 N–H and O–H groups in total. The highest BCUT2D eigenvalue weighted by Crippen LogP contribution is 2.19. The molecule has 1 amide bonds. The molecule has 1 aromatic rings. The summed E-state index contributed by atoms with van der Waals surface area (Å²) >= 11 is 0. The largest absolute Gasteiger partial charge is 0.480 e. The summed E-state index contributed by atoms with van der Waals surface area (Å²) in [4.78, 5) is 23.5. The zero-order chi connectivity index (χ0) is 16.9. The summed E-state index contributed by atoms with van der Waals surface area (Å²) in [6.07, 6.45) is 0.327. The molecule has 0 aliphatic heterocycles. The van der Waals surface area contributed by atoms with Gasteiger partial charge in [-0.2, -0.15) is 0 Å². The topological polar surface area (TPSA) is 75.6 Å². The average Bonchev–Trinajstić information content (AvgIpc) is 2.39. The second kappa shape index (κ2) is 7.24. The van der Waals surface area contributed by atoms with E-state index in [1.54, 1.807) is 0 Å². The van der Waals surface area contributed by atoms with Crippen LogP contribution in [0.15, 0.2) is 24.3 Å². The minimum Gasteiger partial charge on any atom is -0.480 e. The van der Waals surface area contributed by atoms with E-state index in [4.69, 9.17) is 9.84 Å². The zero-order valence-corrected chi connectivity index (χ0v) is 13.2. The van der Waals surface area contributed by atoms with E-state index < -0.39 is 29.3 Å². The first kappa shape index (κ1) is 17.9. The number of aliphatic carboxylic acids is 1. The maximum Gasteiger partial charge on any atom is 0.326 e. The predicted molar refractivity (Wildman–Crippen MR) is 80.1 cm³/mol. The third-order valence-corrected chi connectivity index (χ3v) is 3.04. The van der Waals surface area contributed by atoms with Gasteiger partial charge in [-0.3, -0.25) is 4.79 Å². The Labute approximate surface area is 129 Å². The predicted octanol–water partition coefficient (Wildman–Crippen LogP) is 2.60. The fourth-order valence-electron chi connectivity index (χ4n) is 1.87. The number of carboxylic acids is 1. The van der Waals surface area contributed by atoms with Crippen molar-refractivity contribution >= 4 is 11.9 Å². The van der Waals surface area contributed by atoms with Crippen molar-refractivity contribution in [3.63, 3.8) is 0 Å². The lowest BCUT2D eigenvalue weighted by Gasteiger charge is -2.27. The lowest BCUT2D eigenvalue weighted by Crippen LogP contribution is -2.52. The normalized spacial score (nSPS) is 12.8. The lowest BCUT2D eigenvalue weighted by molar-refractivity contribution is -0.145. The lowest BCUT2D eigenvalue weighted by atomic mass is 10.0. The molecule has 0 aliphatic rings. The second-order valence-corrected chi connectivity index (χ2v) is 6.06. The smallest absolute Gasteiger partial charge is 0.326 e. The number of ether oxygens (including phenoxy) is 1. The van der Waals surface area contributed by atoms with Gasteiger partial charge in [-0.25, -0.2) is 9.18 Å². The molecule has 5 nitrogen and oxygen atoms in total. The second-order valence-electron chi connectivity index (χ2n) is 6.06. The van der Waals surface area contributed by atoms with Crippen molar-refractivity contribution in [2.45, 2.75) is 45.8 Å². The number of amides is 1. The van der Waals surface area contributed by atoms with Gasteiger partial charge in [0, 0.05) is 0 Å². The van der Waals surface area contributed by atoms with Crippen molar-refractivity contribution in [1.82, 2.24) is 5.32 Å². The molecule has 0 aliphatic carbocycles. The Morgan fingerprint density at radius 3 is 2.27 bits per heavy atom. The van der Waals surface area contributed by atoms with E-state index >= 15 is 0 Å². The number of nitrogens with one attached hydrogen (secondary N) is 1. The molecule has 1 rings (SSSR count). The van der Waals surface area contributed by atoms with Crippen LogP contribution in [0.2, 0.25) is 0 Å². The Kier molecular flexibility index (Phi) is 5.91. The first-order valence-electron chi connectivity index (χ1n) is 7.10. The number of halogens is 1. The number of hydrogen-bond acceptors (Lipinski definition) is 3. The van der Waals surface area contributed by atoms with Crippen LogP contribution in [-0.2, 0) is 9.59 Å². The zero-order valence-electron chi connectivity index (χ0n) is 13.2. The third kappa shape index (κ3) is 5.35. The fraction of sp³-hybridized carbons (Fsp3) is 0.500.